The first-order valence-corrected chi connectivity index (χ1v) is 11.7. The van der Waals surface area contributed by atoms with Crippen LogP contribution < -0.4 is 4.80 Å². The number of nitrogens with zero attached hydrogens (tertiary/aromatic N) is 3. The van der Waals surface area contributed by atoms with E-state index in [0.717, 1.165) is 56.3 Å². The van der Waals surface area contributed by atoms with E-state index in [2.05, 4.69) is 78.1 Å². The summed E-state index contributed by atoms with van der Waals surface area (Å²) in [5.41, 5.74) is 7.52. The van der Waals surface area contributed by atoms with E-state index in [0.29, 0.717) is 0 Å². The summed E-state index contributed by atoms with van der Waals surface area (Å²) in [5, 5.41) is 2.26. The zero-order valence-corrected chi connectivity index (χ0v) is 19.0. The van der Waals surface area contributed by atoms with Crippen LogP contribution in [0.2, 0.25) is 0 Å². The third-order valence-corrected chi connectivity index (χ3v) is 6.63. The molecule has 0 saturated carbocycles. The number of hydrogen-bond donors (Lipinski definition) is 0. The summed E-state index contributed by atoms with van der Waals surface area (Å²) >= 11 is 1.73. The summed E-state index contributed by atoms with van der Waals surface area (Å²) in [6.45, 7) is 12.2. The van der Waals surface area contributed by atoms with E-state index in [9.17, 15) is 0 Å². The highest BCUT2D eigenvalue weighted by atomic mass is 32.1. The van der Waals surface area contributed by atoms with Crippen molar-refractivity contribution < 1.29 is 4.74 Å². The molecule has 1 aromatic heterocycles. The molecule has 1 aliphatic rings. The number of morpholine rings is 1. The van der Waals surface area contributed by atoms with Crippen molar-refractivity contribution in [1.82, 2.24) is 9.47 Å². The van der Waals surface area contributed by atoms with Crippen molar-refractivity contribution in [3.05, 3.63) is 69.3 Å². The molecule has 0 unspecified atom stereocenters. The molecule has 2 heterocycles. The second-order valence-corrected chi connectivity index (χ2v) is 8.80. The van der Waals surface area contributed by atoms with Gasteiger partial charge in [-0.15, -0.1) is 11.3 Å². The number of benzene rings is 2. The average Bonchev–Trinajstić information content (AvgIpc) is 3.15. The molecule has 0 amide bonds. The van der Waals surface area contributed by atoms with Crippen LogP contribution in [0.3, 0.4) is 0 Å². The average molecular weight is 422 g/mol. The quantitative estimate of drug-likeness (QED) is 0.563. The molecule has 3 aromatic rings. The Balaban J connectivity index is 1.71. The molecular weight excluding hydrogens is 390 g/mol. The summed E-state index contributed by atoms with van der Waals surface area (Å²) < 4.78 is 7.91. The fourth-order valence-corrected chi connectivity index (χ4v) is 4.88. The second kappa shape index (κ2) is 9.73. The van der Waals surface area contributed by atoms with Gasteiger partial charge in [0.05, 0.1) is 24.6 Å². The molecule has 158 valence electrons. The highest BCUT2D eigenvalue weighted by molar-refractivity contribution is 7.07. The minimum Gasteiger partial charge on any atom is -0.379 e. The first kappa shape index (κ1) is 21.0. The Kier molecular flexibility index (Phi) is 6.82. The zero-order valence-electron chi connectivity index (χ0n) is 18.2. The Hall–Kier alpha value is -2.21. The maximum Gasteiger partial charge on any atom is 0.190 e. The summed E-state index contributed by atoms with van der Waals surface area (Å²) in [7, 11) is 0. The molecule has 1 fully saturated rings. The Morgan fingerprint density at radius 3 is 2.47 bits per heavy atom. The monoisotopic (exact) mass is 421 g/mol. The Morgan fingerprint density at radius 1 is 1.00 bits per heavy atom. The fourth-order valence-electron chi connectivity index (χ4n) is 3.93. The first-order chi connectivity index (χ1) is 14.6. The van der Waals surface area contributed by atoms with Crippen LogP contribution in [0.1, 0.15) is 23.6 Å². The molecule has 4 rings (SSSR count). The van der Waals surface area contributed by atoms with Crippen LogP contribution in [0.5, 0.6) is 0 Å². The van der Waals surface area contributed by atoms with E-state index < -0.39 is 0 Å². The molecule has 1 aliphatic heterocycles. The van der Waals surface area contributed by atoms with Crippen LogP contribution in [0.25, 0.3) is 11.3 Å². The third kappa shape index (κ3) is 4.91. The topological polar surface area (TPSA) is 29.8 Å². The van der Waals surface area contributed by atoms with Gasteiger partial charge in [-0.05, 0) is 43.5 Å². The van der Waals surface area contributed by atoms with Crippen LogP contribution in [0, 0.1) is 13.8 Å². The molecule has 0 bridgehead atoms. The number of aromatic nitrogens is 1. The van der Waals surface area contributed by atoms with Crippen LogP contribution in [0.15, 0.2) is 52.8 Å². The number of ether oxygens (including phenoxy) is 1. The predicted octanol–water partition coefficient (Wildman–Crippen LogP) is 4.96. The van der Waals surface area contributed by atoms with E-state index in [4.69, 9.17) is 9.73 Å². The van der Waals surface area contributed by atoms with E-state index in [1.165, 1.54) is 27.9 Å². The van der Waals surface area contributed by atoms with Crippen molar-refractivity contribution in [3.63, 3.8) is 0 Å². The van der Waals surface area contributed by atoms with Gasteiger partial charge in [0.1, 0.15) is 0 Å². The lowest BCUT2D eigenvalue weighted by atomic mass is 10.0. The van der Waals surface area contributed by atoms with Gasteiger partial charge in [0.15, 0.2) is 4.80 Å². The highest BCUT2D eigenvalue weighted by Gasteiger charge is 2.14. The van der Waals surface area contributed by atoms with Crippen LogP contribution in [-0.2, 0) is 17.7 Å². The molecule has 0 N–H and O–H groups in total. The Labute approximate surface area is 183 Å². The minimum atomic E-state index is 0.833. The summed E-state index contributed by atoms with van der Waals surface area (Å²) in [5.74, 6) is 0. The van der Waals surface area contributed by atoms with Crippen molar-refractivity contribution >= 4 is 17.0 Å². The molecule has 0 atom stereocenters. The summed E-state index contributed by atoms with van der Waals surface area (Å²) in [6.07, 6.45) is 1.05. The van der Waals surface area contributed by atoms with Crippen molar-refractivity contribution in [2.24, 2.45) is 4.99 Å². The molecule has 0 spiro atoms. The van der Waals surface area contributed by atoms with Crippen molar-refractivity contribution in [1.29, 1.82) is 0 Å². The standard InChI is InChI=1S/C25H31N3OS/c1-4-21-6-8-22(9-7-21)26-25-28(12-11-27-13-15-29-16-14-27)24(18-30-25)23-10-5-19(2)17-20(23)3/h5-10,17-18H,4,11-16H2,1-3H3. The lowest BCUT2D eigenvalue weighted by Crippen LogP contribution is -2.39. The summed E-state index contributed by atoms with van der Waals surface area (Å²) in [6, 6.07) is 15.3. The van der Waals surface area contributed by atoms with Gasteiger partial charge < -0.3 is 9.30 Å². The van der Waals surface area contributed by atoms with Gasteiger partial charge in [0.25, 0.3) is 0 Å². The molecule has 30 heavy (non-hydrogen) atoms. The molecule has 0 radical (unpaired) electrons. The maximum absolute atomic E-state index is 5.51. The van der Waals surface area contributed by atoms with Crippen LogP contribution in [0.4, 0.5) is 5.69 Å². The Bertz CT molecular complexity index is 1040. The van der Waals surface area contributed by atoms with E-state index in [1.54, 1.807) is 11.3 Å². The molecule has 4 nitrogen and oxygen atoms in total. The van der Waals surface area contributed by atoms with Crippen molar-refractivity contribution in [3.8, 4) is 11.3 Å². The van der Waals surface area contributed by atoms with Crippen LogP contribution in [-0.4, -0.2) is 42.3 Å². The largest absolute Gasteiger partial charge is 0.379 e. The molecule has 5 heteroatoms. The van der Waals surface area contributed by atoms with Crippen molar-refractivity contribution in [2.45, 2.75) is 33.7 Å². The molecule has 1 saturated heterocycles. The van der Waals surface area contributed by atoms with E-state index >= 15 is 0 Å². The van der Waals surface area contributed by atoms with Gasteiger partial charge >= 0.3 is 0 Å². The second-order valence-electron chi connectivity index (χ2n) is 7.96. The van der Waals surface area contributed by atoms with Crippen molar-refractivity contribution in [2.75, 3.05) is 32.8 Å². The van der Waals surface area contributed by atoms with Crippen LogP contribution >= 0.6 is 11.3 Å². The molecular formula is C25H31N3OS. The van der Waals surface area contributed by atoms with E-state index in [1.807, 2.05) is 0 Å². The highest BCUT2D eigenvalue weighted by Crippen LogP contribution is 2.25. The predicted molar refractivity (Wildman–Crippen MR) is 126 cm³/mol. The SMILES string of the molecule is CCc1ccc(N=c2scc(-c3ccc(C)cc3C)n2CCN2CCOCC2)cc1. The van der Waals surface area contributed by atoms with Gasteiger partial charge in [0.2, 0.25) is 0 Å². The zero-order chi connectivity index (χ0) is 20.9. The van der Waals surface area contributed by atoms with Gasteiger partial charge in [-0.3, -0.25) is 4.90 Å². The van der Waals surface area contributed by atoms with E-state index in [-0.39, 0.29) is 0 Å². The maximum atomic E-state index is 5.51. The third-order valence-electron chi connectivity index (χ3n) is 5.77. The molecule has 0 aliphatic carbocycles. The van der Waals surface area contributed by atoms with Gasteiger partial charge in [-0.2, -0.15) is 0 Å². The summed E-state index contributed by atoms with van der Waals surface area (Å²) in [4.78, 5) is 8.56. The lowest BCUT2D eigenvalue weighted by Gasteiger charge is -2.27. The number of rotatable bonds is 6. The fraction of sp³-hybridized carbons (Fsp3) is 0.400. The number of hydrogen-bond acceptors (Lipinski definition) is 4. The van der Waals surface area contributed by atoms with Gasteiger partial charge in [-0.1, -0.05) is 42.8 Å². The smallest absolute Gasteiger partial charge is 0.190 e. The van der Waals surface area contributed by atoms with Gasteiger partial charge in [-0.25, -0.2) is 4.99 Å². The normalized spacial score (nSPS) is 15.6. The number of aryl methyl sites for hydroxylation is 3. The minimum absolute atomic E-state index is 0.833. The first-order valence-electron chi connectivity index (χ1n) is 10.8. The number of thiazole rings is 1. The molecule has 2 aromatic carbocycles. The van der Waals surface area contributed by atoms with Gasteiger partial charge in [0, 0.05) is 37.1 Å². The lowest BCUT2D eigenvalue weighted by molar-refractivity contribution is 0.0363. The Morgan fingerprint density at radius 2 is 1.77 bits per heavy atom.